The van der Waals surface area contributed by atoms with Crippen LogP contribution < -0.4 is 0 Å². The first-order chi connectivity index (χ1) is 6.83. The highest BCUT2D eigenvalue weighted by molar-refractivity contribution is 5.81. The van der Waals surface area contributed by atoms with Gasteiger partial charge in [-0.25, -0.2) is 0 Å². The van der Waals surface area contributed by atoms with Crippen LogP contribution in [-0.4, -0.2) is 35.1 Å². The lowest BCUT2D eigenvalue weighted by molar-refractivity contribution is -0.136. The Labute approximate surface area is 85.1 Å². The molecule has 1 N–H and O–H groups in total. The standard InChI is InChI=1S/C11H19NO2/c13-8-2-7-12(10-3-1-4-10)11(14)9-5-6-9/h9-10,13H,1-8H2. The van der Waals surface area contributed by atoms with E-state index < -0.39 is 0 Å². The molecule has 0 aromatic rings. The van der Waals surface area contributed by atoms with Crippen LogP contribution in [0.25, 0.3) is 0 Å². The second kappa shape index (κ2) is 4.30. The number of hydrogen-bond acceptors (Lipinski definition) is 2. The minimum absolute atomic E-state index is 0.196. The molecular formula is C11H19NO2. The first-order valence-electron chi connectivity index (χ1n) is 5.74. The summed E-state index contributed by atoms with van der Waals surface area (Å²) in [7, 11) is 0. The Morgan fingerprint density at radius 3 is 2.43 bits per heavy atom. The van der Waals surface area contributed by atoms with Gasteiger partial charge in [-0.15, -0.1) is 0 Å². The molecule has 2 saturated carbocycles. The molecule has 0 saturated heterocycles. The first-order valence-corrected chi connectivity index (χ1v) is 5.74. The Hall–Kier alpha value is -0.570. The van der Waals surface area contributed by atoms with Crippen LogP contribution >= 0.6 is 0 Å². The number of carbonyl (C=O) groups is 1. The van der Waals surface area contributed by atoms with Gasteiger partial charge in [-0.1, -0.05) is 0 Å². The van der Waals surface area contributed by atoms with E-state index >= 15 is 0 Å². The topological polar surface area (TPSA) is 40.5 Å². The molecule has 3 nitrogen and oxygen atoms in total. The monoisotopic (exact) mass is 197 g/mol. The third-order valence-electron chi connectivity index (χ3n) is 3.28. The Balaban J connectivity index is 1.86. The number of aliphatic hydroxyl groups excluding tert-OH is 1. The van der Waals surface area contributed by atoms with Crippen molar-refractivity contribution in [3.8, 4) is 0 Å². The summed E-state index contributed by atoms with van der Waals surface area (Å²) in [5, 5.41) is 8.79. The van der Waals surface area contributed by atoms with Gasteiger partial charge in [-0.3, -0.25) is 4.79 Å². The van der Waals surface area contributed by atoms with Crippen molar-refractivity contribution in [1.82, 2.24) is 4.90 Å². The average Bonchev–Trinajstić information content (AvgIpc) is 2.90. The van der Waals surface area contributed by atoms with Crippen LogP contribution in [0.15, 0.2) is 0 Å². The first kappa shape index (κ1) is 9.97. The number of hydrogen-bond donors (Lipinski definition) is 1. The maximum absolute atomic E-state index is 11.9. The molecule has 3 heteroatoms. The fraction of sp³-hybridized carbons (Fsp3) is 0.909. The molecule has 2 rings (SSSR count). The summed E-state index contributed by atoms with van der Waals surface area (Å²) >= 11 is 0. The predicted octanol–water partition coefficient (Wildman–Crippen LogP) is 1.16. The molecule has 0 radical (unpaired) electrons. The van der Waals surface area contributed by atoms with Crippen molar-refractivity contribution in [2.24, 2.45) is 5.92 Å². The van der Waals surface area contributed by atoms with Gasteiger partial charge in [0.25, 0.3) is 0 Å². The van der Waals surface area contributed by atoms with Gasteiger partial charge in [0.2, 0.25) is 5.91 Å². The van der Waals surface area contributed by atoms with Gasteiger partial charge in [-0.2, -0.15) is 0 Å². The molecule has 0 unspecified atom stereocenters. The molecule has 0 aromatic carbocycles. The molecule has 0 aromatic heterocycles. The van der Waals surface area contributed by atoms with Crippen molar-refractivity contribution in [1.29, 1.82) is 0 Å². The zero-order chi connectivity index (χ0) is 9.97. The van der Waals surface area contributed by atoms with E-state index in [1.165, 1.54) is 19.3 Å². The highest BCUT2D eigenvalue weighted by Crippen LogP contribution is 2.34. The van der Waals surface area contributed by atoms with Gasteiger partial charge >= 0.3 is 0 Å². The van der Waals surface area contributed by atoms with Crippen molar-refractivity contribution >= 4 is 5.91 Å². The number of rotatable bonds is 5. The number of carbonyl (C=O) groups excluding carboxylic acids is 1. The molecule has 14 heavy (non-hydrogen) atoms. The SMILES string of the molecule is O=C(C1CC1)N(CCCO)C1CCC1. The van der Waals surface area contributed by atoms with Crippen molar-refractivity contribution < 1.29 is 9.90 Å². The molecule has 1 amide bonds. The lowest BCUT2D eigenvalue weighted by atomic mass is 9.91. The van der Waals surface area contributed by atoms with Crippen LogP contribution in [0.4, 0.5) is 0 Å². The van der Waals surface area contributed by atoms with E-state index in [2.05, 4.69) is 0 Å². The highest BCUT2D eigenvalue weighted by atomic mass is 16.3. The van der Waals surface area contributed by atoms with Crippen LogP contribution in [0.1, 0.15) is 38.5 Å². The number of nitrogens with zero attached hydrogens (tertiary/aromatic N) is 1. The third kappa shape index (κ3) is 2.08. The second-order valence-corrected chi connectivity index (χ2v) is 4.47. The van der Waals surface area contributed by atoms with E-state index in [1.807, 2.05) is 4.90 Å². The molecular weight excluding hydrogens is 178 g/mol. The minimum Gasteiger partial charge on any atom is -0.396 e. The number of aliphatic hydroxyl groups is 1. The van der Waals surface area contributed by atoms with Crippen LogP contribution in [0.3, 0.4) is 0 Å². The maximum Gasteiger partial charge on any atom is 0.225 e. The van der Waals surface area contributed by atoms with Crippen LogP contribution in [0.2, 0.25) is 0 Å². The molecule has 2 aliphatic carbocycles. The summed E-state index contributed by atoms with van der Waals surface area (Å²) in [6.07, 6.45) is 6.50. The lowest BCUT2D eigenvalue weighted by Crippen LogP contribution is -2.45. The van der Waals surface area contributed by atoms with E-state index in [1.54, 1.807) is 0 Å². The quantitative estimate of drug-likeness (QED) is 0.718. The minimum atomic E-state index is 0.196. The zero-order valence-electron chi connectivity index (χ0n) is 8.61. The highest BCUT2D eigenvalue weighted by Gasteiger charge is 2.37. The zero-order valence-corrected chi connectivity index (χ0v) is 8.61. The molecule has 2 aliphatic rings. The Morgan fingerprint density at radius 2 is 2.00 bits per heavy atom. The smallest absolute Gasteiger partial charge is 0.225 e. The summed E-state index contributed by atoms with van der Waals surface area (Å²) in [6.45, 7) is 0.956. The van der Waals surface area contributed by atoms with E-state index in [0.717, 1.165) is 25.8 Å². The average molecular weight is 197 g/mol. The van der Waals surface area contributed by atoms with E-state index in [4.69, 9.17) is 5.11 Å². The van der Waals surface area contributed by atoms with E-state index in [9.17, 15) is 4.79 Å². The largest absolute Gasteiger partial charge is 0.396 e. The third-order valence-corrected chi connectivity index (χ3v) is 3.28. The van der Waals surface area contributed by atoms with Gasteiger partial charge in [0, 0.05) is 25.1 Å². The lowest BCUT2D eigenvalue weighted by Gasteiger charge is -2.37. The summed E-state index contributed by atoms with van der Waals surface area (Å²) in [5.74, 6) is 0.678. The molecule has 2 fully saturated rings. The van der Waals surface area contributed by atoms with Gasteiger partial charge in [0.1, 0.15) is 0 Å². The van der Waals surface area contributed by atoms with E-state index in [-0.39, 0.29) is 6.61 Å². The Morgan fingerprint density at radius 1 is 1.29 bits per heavy atom. The summed E-state index contributed by atoms with van der Waals surface area (Å²) in [6, 6.07) is 0.495. The molecule has 0 spiro atoms. The molecule has 0 bridgehead atoms. The Kier molecular flexibility index (Phi) is 3.06. The van der Waals surface area contributed by atoms with E-state index in [0.29, 0.717) is 17.9 Å². The van der Waals surface area contributed by atoms with Crippen molar-refractivity contribution in [2.45, 2.75) is 44.6 Å². The van der Waals surface area contributed by atoms with Crippen LogP contribution in [0, 0.1) is 5.92 Å². The number of amides is 1. The van der Waals surface area contributed by atoms with Gasteiger partial charge in [0.15, 0.2) is 0 Å². The van der Waals surface area contributed by atoms with Crippen molar-refractivity contribution in [3.05, 3.63) is 0 Å². The van der Waals surface area contributed by atoms with Crippen LogP contribution in [0.5, 0.6) is 0 Å². The predicted molar refractivity (Wildman–Crippen MR) is 53.8 cm³/mol. The summed E-state index contributed by atoms with van der Waals surface area (Å²) in [4.78, 5) is 13.9. The summed E-state index contributed by atoms with van der Waals surface area (Å²) < 4.78 is 0. The van der Waals surface area contributed by atoms with Gasteiger partial charge < -0.3 is 10.0 Å². The normalized spacial score (nSPS) is 21.8. The second-order valence-electron chi connectivity index (χ2n) is 4.47. The molecule has 80 valence electrons. The van der Waals surface area contributed by atoms with Crippen molar-refractivity contribution in [2.75, 3.05) is 13.2 Å². The fourth-order valence-electron chi connectivity index (χ4n) is 1.98. The molecule has 0 heterocycles. The van der Waals surface area contributed by atoms with Crippen molar-refractivity contribution in [3.63, 3.8) is 0 Å². The molecule has 0 atom stereocenters. The maximum atomic E-state index is 11.9. The van der Waals surface area contributed by atoms with Gasteiger partial charge in [-0.05, 0) is 38.5 Å². The fourth-order valence-corrected chi connectivity index (χ4v) is 1.98. The van der Waals surface area contributed by atoms with Crippen LogP contribution in [-0.2, 0) is 4.79 Å². The summed E-state index contributed by atoms with van der Waals surface area (Å²) in [5.41, 5.74) is 0. The molecule has 0 aliphatic heterocycles. The Bertz CT molecular complexity index is 209. The van der Waals surface area contributed by atoms with Gasteiger partial charge in [0.05, 0.1) is 0 Å².